The average molecular weight is 343 g/mol. The fourth-order valence-electron chi connectivity index (χ4n) is 2.30. The molecule has 1 N–H and O–H groups in total. The van der Waals surface area contributed by atoms with Crippen molar-refractivity contribution in [2.75, 3.05) is 12.4 Å². The molecular weight excluding hydrogens is 328 g/mol. The van der Waals surface area contributed by atoms with E-state index in [2.05, 4.69) is 15.4 Å². The second-order valence-electron chi connectivity index (χ2n) is 5.08. The van der Waals surface area contributed by atoms with Crippen molar-refractivity contribution in [3.8, 4) is 11.4 Å². The van der Waals surface area contributed by atoms with Crippen LogP contribution in [0.15, 0.2) is 55.1 Å². The number of nitrogens with zero attached hydrogens (tertiary/aromatic N) is 3. The molecule has 0 aliphatic carbocycles. The minimum Gasteiger partial charge on any atom is -0.497 e. The monoisotopic (exact) mass is 342 g/mol. The summed E-state index contributed by atoms with van der Waals surface area (Å²) in [6.07, 6.45) is 3.21. The molecule has 0 fully saturated rings. The van der Waals surface area contributed by atoms with Gasteiger partial charge in [-0.2, -0.15) is 5.10 Å². The lowest BCUT2D eigenvalue weighted by molar-refractivity contribution is -0.115. The molecular formula is C17H15ClN4O2. The van der Waals surface area contributed by atoms with E-state index in [0.29, 0.717) is 22.1 Å². The van der Waals surface area contributed by atoms with Crippen LogP contribution >= 0.6 is 11.6 Å². The lowest BCUT2D eigenvalue weighted by Crippen LogP contribution is -2.16. The predicted molar refractivity (Wildman–Crippen MR) is 91.7 cm³/mol. The molecule has 1 heterocycles. The number of aromatic nitrogens is 3. The SMILES string of the molecule is COc1cccc(CC(=O)Nc2cc(Cl)ccc2-n2cncn2)c1. The van der Waals surface area contributed by atoms with Crippen molar-refractivity contribution >= 4 is 23.2 Å². The highest BCUT2D eigenvalue weighted by Gasteiger charge is 2.11. The topological polar surface area (TPSA) is 69.0 Å². The van der Waals surface area contributed by atoms with E-state index in [9.17, 15) is 4.79 Å². The largest absolute Gasteiger partial charge is 0.497 e. The van der Waals surface area contributed by atoms with Crippen LogP contribution in [0.4, 0.5) is 5.69 Å². The Balaban J connectivity index is 1.80. The molecule has 1 amide bonds. The molecule has 3 rings (SSSR count). The van der Waals surface area contributed by atoms with E-state index in [0.717, 1.165) is 5.56 Å². The quantitative estimate of drug-likeness (QED) is 0.773. The van der Waals surface area contributed by atoms with Gasteiger partial charge in [-0.1, -0.05) is 23.7 Å². The van der Waals surface area contributed by atoms with Gasteiger partial charge in [-0.3, -0.25) is 4.79 Å². The Morgan fingerprint density at radius 1 is 1.29 bits per heavy atom. The maximum Gasteiger partial charge on any atom is 0.228 e. The lowest BCUT2D eigenvalue weighted by Gasteiger charge is -2.11. The zero-order chi connectivity index (χ0) is 16.9. The van der Waals surface area contributed by atoms with Gasteiger partial charge < -0.3 is 10.1 Å². The molecule has 0 aliphatic heterocycles. The van der Waals surface area contributed by atoms with Gasteiger partial charge in [0.05, 0.1) is 24.9 Å². The van der Waals surface area contributed by atoms with Crippen LogP contribution in [0.3, 0.4) is 0 Å². The van der Waals surface area contributed by atoms with E-state index >= 15 is 0 Å². The first-order valence-electron chi connectivity index (χ1n) is 7.23. The zero-order valence-corrected chi connectivity index (χ0v) is 13.7. The fourth-order valence-corrected chi connectivity index (χ4v) is 2.48. The van der Waals surface area contributed by atoms with Crippen LogP contribution in [0, 0.1) is 0 Å². The van der Waals surface area contributed by atoms with Crippen molar-refractivity contribution in [2.45, 2.75) is 6.42 Å². The number of hydrogen-bond donors (Lipinski definition) is 1. The summed E-state index contributed by atoms with van der Waals surface area (Å²) in [5.41, 5.74) is 2.12. The molecule has 0 bridgehead atoms. The fraction of sp³-hybridized carbons (Fsp3) is 0.118. The number of carbonyl (C=O) groups excluding carboxylic acids is 1. The van der Waals surface area contributed by atoms with Crippen LogP contribution in [-0.4, -0.2) is 27.8 Å². The number of hydrogen-bond acceptors (Lipinski definition) is 4. The molecule has 0 radical (unpaired) electrons. The Morgan fingerprint density at radius 3 is 2.92 bits per heavy atom. The molecule has 0 unspecified atom stereocenters. The number of amides is 1. The highest BCUT2D eigenvalue weighted by atomic mass is 35.5. The zero-order valence-electron chi connectivity index (χ0n) is 12.9. The minimum absolute atomic E-state index is 0.160. The number of rotatable bonds is 5. The van der Waals surface area contributed by atoms with Crippen molar-refractivity contribution in [3.63, 3.8) is 0 Å². The van der Waals surface area contributed by atoms with Crippen molar-refractivity contribution in [2.24, 2.45) is 0 Å². The molecule has 6 nitrogen and oxygen atoms in total. The van der Waals surface area contributed by atoms with Gasteiger partial charge in [0.25, 0.3) is 0 Å². The van der Waals surface area contributed by atoms with E-state index in [1.165, 1.54) is 6.33 Å². The van der Waals surface area contributed by atoms with E-state index in [4.69, 9.17) is 16.3 Å². The molecule has 0 saturated heterocycles. The van der Waals surface area contributed by atoms with Gasteiger partial charge in [-0.15, -0.1) is 0 Å². The maximum atomic E-state index is 12.4. The highest BCUT2D eigenvalue weighted by molar-refractivity contribution is 6.31. The first-order valence-corrected chi connectivity index (χ1v) is 7.61. The van der Waals surface area contributed by atoms with Crippen LogP contribution in [0.5, 0.6) is 5.75 Å². The summed E-state index contributed by atoms with van der Waals surface area (Å²) in [4.78, 5) is 16.3. The molecule has 24 heavy (non-hydrogen) atoms. The Bertz CT molecular complexity index is 850. The molecule has 2 aromatic carbocycles. The number of carbonyl (C=O) groups is 1. The molecule has 7 heteroatoms. The summed E-state index contributed by atoms with van der Waals surface area (Å²) in [6, 6.07) is 12.6. The Kier molecular flexibility index (Phi) is 4.77. The van der Waals surface area contributed by atoms with Gasteiger partial charge in [-0.05, 0) is 35.9 Å². The van der Waals surface area contributed by atoms with Crippen LogP contribution in [0.25, 0.3) is 5.69 Å². The van der Waals surface area contributed by atoms with Gasteiger partial charge in [0.2, 0.25) is 5.91 Å². The predicted octanol–water partition coefficient (Wildman–Crippen LogP) is 3.11. The number of nitrogens with one attached hydrogen (secondary N) is 1. The molecule has 122 valence electrons. The number of methoxy groups -OCH3 is 1. The summed E-state index contributed by atoms with van der Waals surface area (Å²) < 4.78 is 6.74. The third kappa shape index (κ3) is 3.72. The van der Waals surface area contributed by atoms with Crippen molar-refractivity contribution in [3.05, 3.63) is 65.7 Å². The number of anilines is 1. The van der Waals surface area contributed by atoms with Gasteiger partial charge in [0, 0.05) is 5.02 Å². The maximum absolute atomic E-state index is 12.4. The summed E-state index contributed by atoms with van der Waals surface area (Å²) in [7, 11) is 1.59. The molecule has 3 aromatic rings. The third-order valence-corrected chi connectivity index (χ3v) is 3.63. The van der Waals surface area contributed by atoms with Crippen LogP contribution in [-0.2, 0) is 11.2 Å². The van der Waals surface area contributed by atoms with Crippen LogP contribution in [0.2, 0.25) is 5.02 Å². The van der Waals surface area contributed by atoms with Crippen LogP contribution < -0.4 is 10.1 Å². The van der Waals surface area contributed by atoms with Gasteiger partial charge in [-0.25, -0.2) is 9.67 Å². The highest BCUT2D eigenvalue weighted by Crippen LogP contribution is 2.24. The molecule has 0 aliphatic rings. The Morgan fingerprint density at radius 2 is 2.17 bits per heavy atom. The van der Waals surface area contributed by atoms with Crippen LogP contribution in [0.1, 0.15) is 5.56 Å². The average Bonchev–Trinajstić information content (AvgIpc) is 3.09. The first kappa shape index (κ1) is 16.0. The molecule has 1 aromatic heterocycles. The van der Waals surface area contributed by atoms with E-state index < -0.39 is 0 Å². The number of benzene rings is 2. The number of ether oxygens (including phenoxy) is 1. The van der Waals surface area contributed by atoms with Crippen molar-refractivity contribution in [1.29, 1.82) is 0 Å². The van der Waals surface area contributed by atoms with Crippen molar-refractivity contribution in [1.82, 2.24) is 14.8 Å². The van der Waals surface area contributed by atoms with Crippen molar-refractivity contribution < 1.29 is 9.53 Å². The summed E-state index contributed by atoms with van der Waals surface area (Å²) in [5.74, 6) is 0.554. The third-order valence-electron chi connectivity index (χ3n) is 3.40. The van der Waals surface area contributed by atoms with Gasteiger partial charge in [0.1, 0.15) is 18.4 Å². The number of halogens is 1. The lowest BCUT2D eigenvalue weighted by atomic mass is 10.1. The standard InChI is InChI=1S/C17H15ClN4O2/c1-24-14-4-2-3-12(7-14)8-17(23)21-15-9-13(18)5-6-16(15)22-11-19-10-20-22/h2-7,9-11H,8H2,1H3,(H,21,23). The van der Waals surface area contributed by atoms with Gasteiger partial charge in [0.15, 0.2) is 0 Å². The second-order valence-corrected chi connectivity index (χ2v) is 5.51. The summed E-state index contributed by atoms with van der Waals surface area (Å²) in [6.45, 7) is 0. The minimum atomic E-state index is -0.160. The van der Waals surface area contributed by atoms with E-state index in [1.54, 1.807) is 36.3 Å². The van der Waals surface area contributed by atoms with E-state index in [1.807, 2.05) is 24.3 Å². The first-order chi connectivity index (χ1) is 11.7. The smallest absolute Gasteiger partial charge is 0.228 e. The molecule has 0 spiro atoms. The molecule has 0 saturated carbocycles. The second kappa shape index (κ2) is 7.14. The normalized spacial score (nSPS) is 10.4. The Hall–Kier alpha value is -2.86. The summed E-state index contributed by atoms with van der Waals surface area (Å²) >= 11 is 6.05. The molecule has 0 atom stereocenters. The van der Waals surface area contributed by atoms with Gasteiger partial charge >= 0.3 is 0 Å². The van der Waals surface area contributed by atoms with E-state index in [-0.39, 0.29) is 12.3 Å². The summed E-state index contributed by atoms with van der Waals surface area (Å²) in [5, 5.41) is 7.48. The Labute approximate surface area is 144 Å².